The Kier molecular flexibility index (Phi) is 3.19. The minimum Gasteiger partial charge on any atom is -0.299 e. The summed E-state index contributed by atoms with van der Waals surface area (Å²) >= 11 is 0. The molecule has 4 aliphatic rings. The van der Waals surface area contributed by atoms with E-state index in [2.05, 4.69) is 13.8 Å². The molecule has 0 radical (unpaired) electrons. The number of rotatable bonds is 2. The summed E-state index contributed by atoms with van der Waals surface area (Å²) in [5.41, 5.74) is 1.83. The second-order valence-corrected chi connectivity index (χ2v) is 7.42. The van der Waals surface area contributed by atoms with E-state index in [-0.39, 0.29) is 35.4 Å². The number of benzene rings is 1. The van der Waals surface area contributed by atoms with E-state index in [9.17, 15) is 14.4 Å². The third kappa shape index (κ3) is 2.00. The number of hydrogen-bond acceptors (Lipinski definition) is 3. The van der Waals surface area contributed by atoms with E-state index in [1.807, 2.05) is 24.3 Å². The Morgan fingerprint density at radius 3 is 2.22 bits per heavy atom. The second-order valence-electron chi connectivity index (χ2n) is 7.42. The molecule has 4 atom stereocenters. The van der Waals surface area contributed by atoms with Gasteiger partial charge in [0.1, 0.15) is 5.78 Å². The van der Waals surface area contributed by atoms with Crippen LogP contribution in [0.15, 0.2) is 24.3 Å². The predicted octanol–water partition coefficient (Wildman–Crippen LogP) is 2.91. The van der Waals surface area contributed by atoms with E-state index in [1.165, 1.54) is 10.5 Å². The Balaban J connectivity index is 1.69. The molecule has 3 saturated carbocycles. The van der Waals surface area contributed by atoms with Crippen LogP contribution < -0.4 is 4.90 Å². The molecule has 2 amide bonds. The number of fused-ring (bicyclic) bond motifs is 2. The molecule has 1 heterocycles. The predicted molar refractivity (Wildman–Crippen MR) is 85.8 cm³/mol. The average Bonchev–Trinajstić information content (AvgIpc) is 2.81. The van der Waals surface area contributed by atoms with Gasteiger partial charge in [-0.3, -0.25) is 19.3 Å². The molecule has 1 aliphatic heterocycles. The maximum absolute atomic E-state index is 12.9. The summed E-state index contributed by atoms with van der Waals surface area (Å²) in [6, 6.07) is 7.66. The van der Waals surface area contributed by atoms with Crippen LogP contribution in [0.3, 0.4) is 0 Å². The Hall–Kier alpha value is -1.97. The number of imide groups is 1. The highest BCUT2D eigenvalue weighted by Gasteiger charge is 2.60. The molecule has 1 aromatic carbocycles. The Bertz CT molecular complexity index is 691. The van der Waals surface area contributed by atoms with Gasteiger partial charge < -0.3 is 0 Å². The van der Waals surface area contributed by atoms with Crippen LogP contribution in [0, 0.1) is 23.7 Å². The average molecular weight is 311 g/mol. The summed E-state index contributed by atoms with van der Waals surface area (Å²) in [6.07, 6.45) is 2.14. The second kappa shape index (κ2) is 5.02. The molecule has 1 aromatic rings. The first-order chi connectivity index (χ1) is 11.0. The van der Waals surface area contributed by atoms with Crippen molar-refractivity contribution in [3.8, 4) is 0 Å². The van der Waals surface area contributed by atoms with Crippen molar-refractivity contribution >= 4 is 23.3 Å². The zero-order valence-corrected chi connectivity index (χ0v) is 13.5. The van der Waals surface area contributed by atoms with E-state index in [4.69, 9.17) is 0 Å². The molecule has 0 aromatic heterocycles. The lowest BCUT2D eigenvalue weighted by atomic mass is 9.59. The lowest BCUT2D eigenvalue weighted by molar-refractivity contribution is -0.143. The van der Waals surface area contributed by atoms with Crippen molar-refractivity contribution in [2.75, 3.05) is 4.90 Å². The third-order valence-corrected chi connectivity index (χ3v) is 5.88. The van der Waals surface area contributed by atoms with Crippen molar-refractivity contribution in [1.82, 2.24) is 0 Å². The van der Waals surface area contributed by atoms with E-state index >= 15 is 0 Å². The molecule has 1 saturated heterocycles. The van der Waals surface area contributed by atoms with Gasteiger partial charge in [0.25, 0.3) is 0 Å². The fraction of sp³-hybridized carbons (Fsp3) is 0.526. The van der Waals surface area contributed by atoms with Crippen molar-refractivity contribution in [3.05, 3.63) is 29.8 Å². The van der Waals surface area contributed by atoms with Gasteiger partial charge in [0, 0.05) is 12.3 Å². The molecule has 4 nitrogen and oxygen atoms in total. The largest absolute Gasteiger partial charge is 0.299 e. The number of nitrogens with zero attached hydrogens (tertiary/aromatic N) is 1. The minimum absolute atomic E-state index is 0.0638. The molecule has 3 aliphatic carbocycles. The number of anilines is 1. The maximum Gasteiger partial charge on any atom is 0.238 e. The van der Waals surface area contributed by atoms with Crippen LogP contribution in [0.25, 0.3) is 0 Å². The quantitative estimate of drug-likeness (QED) is 0.789. The SMILES string of the molecule is CC(C)c1ccc(N2C(=O)[C@H]3[C@@H]4CC[C@@H](C(=O)C4)[C@H]3C2=O)cc1. The van der Waals surface area contributed by atoms with Crippen LogP contribution >= 0.6 is 0 Å². The minimum atomic E-state index is -0.410. The summed E-state index contributed by atoms with van der Waals surface area (Å²) in [5, 5.41) is 0. The van der Waals surface area contributed by atoms with Gasteiger partial charge in [-0.25, -0.2) is 0 Å². The van der Waals surface area contributed by atoms with Crippen LogP contribution in [0.1, 0.15) is 44.6 Å². The van der Waals surface area contributed by atoms with Crippen LogP contribution in [-0.4, -0.2) is 17.6 Å². The molecular weight excluding hydrogens is 290 g/mol. The fourth-order valence-electron chi connectivity index (χ4n) is 4.65. The molecule has 5 rings (SSSR count). The van der Waals surface area contributed by atoms with Crippen LogP contribution in [-0.2, 0) is 14.4 Å². The Morgan fingerprint density at radius 1 is 0.957 bits per heavy atom. The maximum atomic E-state index is 12.9. The number of carbonyl (C=O) groups excluding carboxylic acids is 3. The van der Waals surface area contributed by atoms with Crippen molar-refractivity contribution in [2.45, 2.75) is 39.0 Å². The van der Waals surface area contributed by atoms with E-state index < -0.39 is 5.92 Å². The number of hydrogen-bond donors (Lipinski definition) is 0. The van der Waals surface area contributed by atoms with Crippen molar-refractivity contribution < 1.29 is 14.4 Å². The zero-order valence-electron chi connectivity index (χ0n) is 13.5. The number of amides is 2. The number of ketones is 1. The van der Waals surface area contributed by atoms with Crippen molar-refractivity contribution in [1.29, 1.82) is 0 Å². The topological polar surface area (TPSA) is 54.5 Å². The highest BCUT2D eigenvalue weighted by Crippen LogP contribution is 2.52. The molecule has 23 heavy (non-hydrogen) atoms. The zero-order chi connectivity index (χ0) is 16.3. The van der Waals surface area contributed by atoms with Crippen molar-refractivity contribution in [2.24, 2.45) is 23.7 Å². The summed E-state index contributed by atoms with van der Waals surface area (Å²) in [6.45, 7) is 4.22. The molecule has 120 valence electrons. The van der Waals surface area contributed by atoms with Gasteiger partial charge in [0.05, 0.1) is 17.5 Å². The van der Waals surface area contributed by atoms with Crippen LogP contribution in [0.2, 0.25) is 0 Å². The van der Waals surface area contributed by atoms with E-state index in [0.29, 0.717) is 18.0 Å². The Labute approximate surface area is 135 Å². The lowest BCUT2D eigenvalue weighted by Gasteiger charge is -2.41. The number of Topliss-reactive ketones (excluding diaryl/α,β-unsaturated/α-hetero) is 1. The monoisotopic (exact) mass is 311 g/mol. The first-order valence-electron chi connectivity index (χ1n) is 8.49. The molecule has 0 spiro atoms. The van der Waals surface area contributed by atoms with Gasteiger partial charge in [-0.15, -0.1) is 0 Å². The molecule has 0 unspecified atom stereocenters. The van der Waals surface area contributed by atoms with Gasteiger partial charge >= 0.3 is 0 Å². The van der Waals surface area contributed by atoms with Crippen LogP contribution in [0.4, 0.5) is 5.69 Å². The molecule has 4 fully saturated rings. The standard InChI is InChI=1S/C19H21NO3/c1-10(2)11-3-6-13(7-4-11)20-18(22)16-12-5-8-14(15(21)9-12)17(16)19(20)23/h3-4,6-7,10,12,14,16-17H,5,8-9H2,1-2H3/t12-,14+,16+,17-/m1/s1. The number of carbonyl (C=O) groups is 3. The summed E-state index contributed by atoms with van der Waals surface area (Å²) in [5.74, 6) is -0.531. The third-order valence-electron chi connectivity index (χ3n) is 5.88. The summed E-state index contributed by atoms with van der Waals surface area (Å²) in [7, 11) is 0. The first kappa shape index (κ1) is 14.6. The van der Waals surface area contributed by atoms with Gasteiger partial charge in [-0.1, -0.05) is 26.0 Å². The Morgan fingerprint density at radius 2 is 1.61 bits per heavy atom. The van der Waals surface area contributed by atoms with Gasteiger partial charge in [-0.05, 0) is 42.4 Å². The van der Waals surface area contributed by atoms with Gasteiger partial charge in [-0.2, -0.15) is 0 Å². The van der Waals surface area contributed by atoms with E-state index in [1.54, 1.807) is 0 Å². The highest BCUT2D eigenvalue weighted by molar-refractivity contribution is 6.23. The summed E-state index contributed by atoms with van der Waals surface area (Å²) in [4.78, 5) is 39.2. The molecule has 0 N–H and O–H groups in total. The van der Waals surface area contributed by atoms with Gasteiger partial charge in [0.2, 0.25) is 11.8 Å². The smallest absolute Gasteiger partial charge is 0.238 e. The normalized spacial score (nSPS) is 32.8. The van der Waals surface area contributed by atoms with Crippen LogP contribution in [0.5, 0.6) is 0 Å². The molecule has 4 heteroatoms. The molecule has 2 bridgehead atoms. The summed E-state index contributed by atoms with van der Waals surface area (Å²) < 4.78 is 0. The fourth-order valence-corrected chi connectivity index (χ4v) is 4.65. The van der Waals surface area contributed by atoms with Crippen molar-refractivity contribution in [3.63, 3.8) is 0 Å². The highest BCUT2D eigenvalue weighted by atomic mass is 16.2. The van der Waals surface area contributed by atoms with E-state index in [0.717, 1.165) is 12.8 Å². The molecular formula is C19H21NO3. The lowest BCUT2D eigenvalue weighted by Crippen LogP contribution is -2.46. The first-order valence-corrected chi connectivity index (χ1v) is 8.49. The van der Waals surface area contributed by atoms with Gasteiger partial charge in [0.15, 0.2) is 0 Å².